The van der Waals surface area contributed by atoms with Crippen molar-refractivity contribution in [3.05, 3.63) is 34.7 Å². The van der Waals surface area contributed by atoms with E-state index >= 15 is 0 Å². The Morgan fingerprint density at radius 2 is 2.04 bits per heavy atom. The van der Waals surface area contributed by atoms with Crippen LogP contribution in [0.4, 0.5) is 4.79 Å². The van der Waals surface area contributed by atoms with Gasteiger partial charge in [0.2, 0.25) is 0 Å². The van der Waals surface area contributed by atoms with Crippen molar-refractivity contribution in [3.8, 4) is 5.75 Å². The number of rotatable bonds is 6. The minimum absolute atomic E-state index is 0.0361. The van der Waals surface area contributed by atoms with Gasteiger partial charge in [0, 0.05) is 5.56 Å². The standard InChI is InChI=1S/C17H19NO5S/c1-4-11(2)23-13-8-6-5-7-12(13)9-14-16(20)18(17(21)24-14)10-15(19)22-3/h5-9,11H,4,10H2,1-3H3/b14-9+/t11-/m0/s1. The van der Waals surface area contributed by atoms with E-state index in [1.165, 1.54) is 7.11 Å². The van der Waals surface area contributed by atoms with Crippen LogP contribution in [0, 0.1) is 0 Å². The van der Waals surface area contributed by atoms with Crippen molar-refractivity contribution in [2.24, 2.45) is 0 Å². The molecule has 1 aromatic rings. The molecule has 1 fully saturated rings. The number of imide groups is 1. The molecule has 1 aromatic carbocycles. The quantitative estimate of drug-likeness (QED) is 0.580. The van der Waals surface area contributed by atoms with Gasteiger partial charge in [-0.2, -0.15) is 0 Å². The van der Waals surface area contributed by atoms with Crippen molar-refractivity contribution in [1.29, 1.82) is 0 Å². The van der Waals surface area contributed by atoms with Gasteiger partial charge in [-0.3, -0.25) is 19.3 Å². The fourth-order valence-electron chi connectivity index (χ4n) is 1.98. The van der Waals surface area contributed by atoms with Crippen molar-refractivity contribution in [3.63, 3.8) is 0 Å². The highest BCUT2D eigenvalue weighted by Crippen LogP contribution is 2.34. The van der Waals surface area contributed by atoms with Gasteiger partial charge in [0.05, 0.1) is 18.1 Å². The smallest absolute Gasteiger partial charge is 0.325 e. The Bertz CT molecular complexity index is 685. The third kappa shape index (κ3) is 4.17. The molecule has 1 aliphatic heterocycles. The lowest BCUT2D eigenvalue weighted by Crippen LogP contribution is -2.34. The molecular weight excluding hydrogens is 330 g/mol. The number of nitrogens with zero attached hydrogens (tertiary/aromatic N) is 1. The summed E-state index contributed by atoms with van der Waals surface area (Å²) in [5.41, 5.74) is 0.710. The van der Waals surface area contributed by atoms with E-state index in [0.29, 0.717) is 11.3 Å². The number of hydrogen-bond donors (Lipinski definition) is 0. The molecular formula is C17H19NO5S. The molecule has 0 aliphatic carbocycles. The summed E-state index contributed by atoms with van der Waals surface area (Å²) in [5, 5.41) is -0.489. The molecule has 128 valence electrons. The third-order valence-corrected chi connectivity index (χ3v) is 4.40. The summed E-state index contributed by atoms with van der Waals surface area (Å²) in [6.45, 7) is 3.59. The number of thioether (sulfide) groups is 1. The lowest BCUT2D eigenvalue weighted by Gasteiger charge is -2.14. The number of amides is 2. The average Bonchev–Trinajstić information content (AvgIpc) is 2.83. The third-order valence-electron chi connectivity index (χ3n) is 3.50. The van der Waals surface area contributed by atoms with Gasteiger partial charge in [0.1, 0.15) is 12.3 Å². The van der Waals surface area contributed by atoms with Crippen LogP contribution in [0.25, 0.3) is 6.08 Å². The van der Waals surface area contributed by atoms with E-state index in [1.54, 1.807) is 6.08 Å². The van der Waals surface area contributed by atoms with E-state index in [4.69, 9.17) is 4.74 Å². The molecule has 6 nitrogen and oxygen atoms in total. The Hall–Kier alpha value is -2.28. The Kier molecular flexibility index (Phi) is 6.03. The highest BCUT2D eigenvalue weighted by Gasteiger charge is 2.36. The maximum Gasteiger partial charge on any atom is 0.325 e. The van der Waals surface area contributed by atoms with E-state index in [1.807, 2.05) is 38.1 Å². The van der Waals surface area contributed by atoms with Crippen LogP contribution < -0.4 is 4.74 Å². The molecule has 1 aliphatic rings. The van der Waals surface area contributed by atoms with E-state index in [2.05, 4.69) is 4.74 Å². The monoisotopic (exact) mass is 349 g/mol. The first-order valence-corrected chi connectivity index (χ1v) is 8.35. The Morgan fingerprint density at radius 1 is 1.33 bits per heavy atom. The molecule has 7 heteroatoms. The fraction of sp³-hybridized carbons (Fsp3) is 0.353. The van der Waals surface area contributed by atoms with E-state index < -0.39 is 17.1 Å². The molecule has 0 aromatic heterocycles. The fourth-order valence-corrected chi connectivity index (χ4v) is 2.81. The summed E-state index contributed by atoms with van der Waals surface area (Å²) in [7, 11) is 1.21. The van der Waals surface area contributed by atoms with Crippen LogP contribution in [0.1, 0.15) is 25.8 Å². The van der Waals surface area contributed by atoms with E-state index in [-0.39, 0.29) is 17.6 Å². The van der Waals surface area contributed by atoms with E-state index in [9.17, 15) is 14.4 Å². The molecule has 1 heterocycles. The van der Waals surface area contributed by atoms with Gasteiger partial charge in [-0.05, 0) is 37.2 Å². The lowest BCUT2D eigenvalue weighted by atomic mass is 10.1. The molecule has 0 bridgehead atoms. The van der Waals surface area contributed by atoms with Crippen LogP contribution in [0.5, 0.6) is 5.75 Å². The number of ether oxygens (including phenoxy) is 2. The summed E-state index contributed by atoms with van der Waals surface area (Å²) >= 11 is 0.798. The zero-order chi connectivity index (χ0) is 17.7. The van der Waals surface area contributed by atoms with Crippen LogP contribution in [0.3, 0.4) is 0 Å². The molecule has 1 atom stereocenters. The summed E-state index contributed by atoms with van der Waals surface area (Å²) in [6.07, 6.45) is 2.50. The van der Waals surface area contributed by atoms with Gasteiger partial charge in [-0.25, -0.2) is 0 Å². The average molecular weight is 349 g/mol. The summed E-state index contributed by atoms with van der Waals surface area (Å²) in [6, 6.07) is 7.30. The molecule has 0 saturated carbocycles. The second kappa shape index (κ2) is 8.01. The highest BCUT2D eigenvalue weighted by atomic mass is 32.2. The normalized spacial score (nSPS) is 17.3. The highest BCUT2D eigenvalue weighted by molar-refractivity contribution is 8.18. The van der Waals surface area contributed by atoms with Gasteiger partial charge in [-0.1, -0.05) is 25.1 Å². The first-order valence-electron chi connectivity index (χ1n) is 7.54. The predicted molar refractivity (Wildman–Crippen MR) is 91.5 cm³/mol. The number of carbonyl (C=O) groups excluding carboxylic acids is 3. The van der Waals surface area contributed by atoms with Crippen LogP contribution in [-0.4, -0.2) is 41.8 Å². The molecule has 24 heavy (non-hydrogen) atoms. The molecule has 0 N–H and O–H groups in total. The van der Waals surface area contributed by atoms with Crippen LogP contribution >= 0.6 is 11.8 Å². The number of methoxy groups -OCH3 is 1. The number of benzene rings is 1. The largest absolute Gasteiger partial charge is 0.490 e. The van der Waals surface area contributed by atoms with Crippen molar-refractivity contribution in [1.82, 2.24) is 4.90 Å². The SMILES string of the molecule is CC[C@H](C)Oc1ccccc1/C=C1/SC(=O)N(CC(=O)OC)C1=O. The second-order valence-corrected chi connectivity index (χ2v) is 6.21. The van der Waals surface area contributed by atoms with Crippen LogP contribution in [0.15, 0.2) is 29.2 Å². The van der Waals surface area contributed by atoms with Gasteiger partial charge in [0.25, 0.3) is 11.1 Å². The molecule has 0 spiro atoms. The summed E-state index contributed by atoms with van der Waals surface area (Å²) < 4.78 is 10.3. The number of esters is 1. The second-order valence-electron chi connectivity index (χ2n) is 5.22. The predicted octanol–water partition coefficient (Wildman–Crippen LogP) is 3.07. The number of para-hydroxylation sites is 1. The molecule has 0 unspecified atom stereocenters. The number of carbonyl (C=O) groups is 3. The maximum absolute atomic E-state index is 12.3. The minimum Gasteiger partial charge on any atom is -0.490 e. The molecule has 1 saturated heterocycles. The van der Waals surface area contributed by atoms with Crippen LogP contribution in [-0.2, 0) is 14.3 Å². The zero-order valence-electron chi connectivity index (χ0n) is 13.8. The maximum atomic E-state index is 12.3. The summed E-state index contributed by atoms with van der Waals surface area (Å²) in [4.78, 5) is 36.7. The van der Waals surface area contributed by atoms with Gasteiger partial charge >= 0.3 is 5.97 Å². The molecule has 0 radical (unpaired) electrons. The lowest BCUT2D eigenvalue weighted by molar-refractivity contribution is -0.143. The van der Waals surface area contributed by atoms with Crippen molar-refractivity contribution >= 4 is 35.0 Å². The van der Waals surface area contributed by atoms with Gasteiger partial charge in [-0.15, -0.1) is 0 Å². The minimum atomic E-state index is -0.640. The Balaban J connectivity index is 2.24. The number of hydrogen-bond acceptors (Lipinski definition) is 6. The van der Waals surface area contributed by atoms with Crippen molar-refractivity contribution in [2.75, 3.05) is 13.7 Å². The van der Waals surface area contributed by atoms with Gasteiger partial charge in [0.15, 0.2) is 0 Å². The van der Waals surface area contributed by atoms with Crippen LogP contribution in [0.2, 0.25) is 0 Å². The van der Waals surface area contributed by atoms with Crippen molar-refractivity contribution < 1.29 is 23.9 Å². The first kappa shape index (κ1) is 18.1. The molecule has 2 amide bonds. The Morgan fingerprint density at radius 3 is 2.71 bits per heavy atom. The van der Waals surface area contributed by atoms with Gasteiger partial charge < -0.3 is 9.47 Å². The first-order chi connectivity index (χ1) is 11.5. The summed E-state index contributed by atoms with van der Waals surface area (Å²) in [5.74, 6) is -0.501. The van der Waals surface area contributed by atoms with Crippen molar-refractivity contribution in [2.45, 2.75) is 26.4 Å². The van der Waals surface area contributed by atoms with E-state index in [0.717, 1.165) is 23.1 Å². The topological polar surface area (TPSA) is 72.9 Å². The Labute approximate surface area is 144 Å². The zero-order valence-corrected chi connectivity index (χ0v) is 14.6. The molecule has 2 rings (SSSR count).